The number of hydrogen-bond donors (Lipinski definition) is 3. The first-order valence-electron chi connectivity index (χ1n) is 21.2. The van der Waals surface area contributed by atoms with Gasteiger partial charge in [0.15, 0.2) is 0 Å². The molecule has 3 aliphatic heterocycles. The van der Waals surface area contributed by atoms with E-state index in [9.17, 15) is 32.3 Å². The zero-order valence-electron chi connectivity index (χ0n) is 36.3. The molecule has 3 saturated heterocycles. The van der Waals surface area contributed by atoms with Crippen molar-refractivity contribution in [3.8, 4) is 28.1 Å². The van der Waals surface area contributed by atoms with Crippen molar-refractivity contribution in [2.75, 3.05) is 63.3 Å². The number of likely N-dealkylation sites (tertiary alicyclic amines) is 1. The lowest BCUT2D eigenvalue weighted by Crippen LogP contribution is -2.53. The molecule has 2 aromatic heterocycles. The predicted octanol–water partition coefficient (Wildman–Crippen LogP) is 7.70. The van der Waals surface area contributed by atoms with E-state index in [4.69, 9.17) is 21.1 Å². The van der Waals surface area contributed by atoms with Gasteiger partial charge in [-0.15, -0.1) is 13.2 Å². The first kappa shape index (κ1) is 46.1. The first-order chi connectivity index (χ1) is 30.4. The van der Waals surface area contributed by atoms with Crippen LogP contribution in [0, 0.1) is 17.3 Å². The number of hydrogen-bond acceptors (Lipinski definition) is 10. The van der Waals surface area contributed by atoms with Crippen molar-refractivity contribution in [3.05, 3.63) is 77.3 Å². The minimum Gasteiger partial charge on any atom is -0.453 e. The molecule has 3 N–H and O–H groups in total. The fourth-order valence-electron chi connectivity index (χ4n) is 8.47. The number of nitrogens with one attached hydrogen (secondary N) is 3. The van der Waals surface area contributed by atoms with E-state index in [2.05, 4.69) is 30.3 Å². The number of amides is 4. The number of H-pyrrole nitrogens is 1. The van der Waals surface area contributed by atoms with E-state index in [0.717, 1.165) is 6.07 Å². The number of imidazole rings is 1. The lowest BCUT2D eigenvalue weighted by atomic mass is 9.90. The Morgan fingerprint density at radius 2 is 1.62 bits per heavy atom. The molecule has 7 rings (SSSR count). The summed E-state index contributed by atoms with van der Waals surface area (Å²) in [6.07, 6.45) is -0.856. The number of alkyl carbamates (subject to hydrolysis) is 1. The van der Waals surface area contributed by atoms with Crippen molar-refractivity contribution < 1.29 is 46.6 Å². The Morgan fingerprint density at radius 3 is 2.25 bits per heavy atom. The third kappa shape index (κ3) is 10.7. The van der Waals surface area contributed by atoms with Gasteiger partial charge >= 0.3 is 12.5 Å². The number of anilines is 2. The van der Waals surface area contributed by atoms with E-state index in [1.54, 1.807) is 47.5 Å². The van der Waals surface area contributed by atoms with Gasteiger partial charge in [-0.25, -0.2) is 14.8 Å². The zero-order valence-corrected chi connectivity index (χ0v) is 37.0. The largest absolute Gasteiger partial charge is 0.573 e. The Bertz CT molecular complexity index is 2320. The molecule has 0 spiro atoms. The molecule has 0 aliphatic carbocycles. The quantitative estimate of drug-likeness (QED) is 0.143. The first-order valence-corrected chi connectivity index (χ1v) is 21.6. The van der Waals surface area contributed by atoms with Crippen LogP contribution in [-0.4, -0.2) is 114 Å². The van der Waals surface area contributed by atoms with E-state index in [-0.39, 0.29) is 39.8 Å². The maximum Gasteiger partial charge on any atom is 0.573 e. The Labute approximate surface area is 374 Å². The number of carbonyl (C=O) groups excluding carboxylic acids is 4. The summed E-state index contributed by atoms with van der Waals surface area (Å²) in [5.41, 5.74) is 1.14. The van der Waals surface area contributed by atoms with Gasteiger partial charge in [0.05, 0.1) is 41.9 Å². The molecule has 3 unspecified atom stereocenters. The van der Waals surface area contributed by atoms with Gasteiger partial charge in [0.2, 0.25) is 11.8 Å². The van der Waals surface area contributed by atoms with Gasteiger partial charge in [-0.3, -0.25) is 14.4 Å². The fourth-order valence-corrected chi connectivity index (χ4v) is 8.79. The number of aromatic amines is 1. The second-order valence-corrected chi connectivity index (χ2v) is 17.8. The number of ether oxygens (including phenoxy) is 3. The summed E-state index contributed by atoms with van der Waals surface area (Å²) in [5, 5.41) is 5.27. The summed E-state index contributed by atoms with van der Waals surface area (Å²) in [6, 6.07) is 11.0. The fraction of sp³-hybridized carbons (Fsp3) is 0.467. The number of alkyl halides is 3. The highest BCUT2D eigenvalue weighted by Crippen LogP contribution is 2.42. The summed E-state index contributed by atoms with van der Waals surface area (Å²) < 4.78 is 56.2. The van der Waals surface area contributed by atoms with Gasteiger partial charge < -0.3 is 44.5 Å². The molecule has 3 fully saturated rings. The molecule has 0 radical (unpaired) electrons. The van der Waals surface area contributed by atoms with Crippen LogP contribution in [0.2, 0.25) is 5.02 Å². The number of benzene rings is 2. The maximum absolute atomic E-state index is 14.1. The van der Waals surface area contributed by atoms with E-state index < -0.39 is 41.6 Å². The van der Waals surface area contributed by atoms with E-state index in [1.165, 1.54) is 19.4 Å². The minimum atomic E-state index is -5.10. The zero-order chi connectivity index (χ0) is 45.9. The molecule has 3 atom stereocenters. The highest BCUT2D eigenvalue weighted by atomic mass is 35.5. The molecule has 19 heteroatoms. The van der Waals surface area contributed by atoms with E-state index in [0.29, 0.717) is 99.4 Å². The molecule has 2 aromatic carbocycles. The lowest BCUT2D eigenvalue weighted by molar-refractivity contribution is -0.274. The van der Waals surface area contributed by atoms with Gasteiger partial charge in [-0.2, -0.15) is 0 Å². The summed E-state index contributed by atoms with van der Waals surface area (Å²) in [7, 11) is 1.25. The van der Waals surface area contributed by atoms with Crippen LogP contribution in [0.4, 0.5) is 29.5 Å². The summed E-state index contributed by atoms with van der Waals surface area (Å²) in [5.74, 6) is -0.310. The van der Waals surface area contributed by atoms with Crippen LogP contribution in [0.25, 0.3) is 22.4 Å². The predicted molar refractivity (Wildman–Crippen MR) is 233 cm³/mol. The van der Waals surface area contributed by atoms with Crippen molar-refractivity contribution in [2.45, 2.75) is 65.4 Å². The molecule has 4 amide bonds. The van der Waals surface area contributed by atoms with Crippen molar-refractivity contribution in [1.29, 1.82) is 0 Å². The highest BCUT2D eigenvalue weighted by molar-refractivity contribution is 6.34. The molecule has 0 bridgehead atoms. The molecule has 3 aliphatic rings. The Hall–Kier alpha value is -5.88. The van der Waals surface area contributed by atoms with Gasteiger partial charge in [-0.1, -0.05) is 63.6 Å². The van der Waals surface area contributed by atoms with Crippen LogP contribution in [0.15, 0.2) is 60.9 Å². The van der Waals surface area contributed by atoms with E-state index >= 15 is 0 Å². The smallest absolute Gasteiger partial charge is 0.453 e. The summed E-state index contributed by atoms with van der Waals surface area (Å²) >= 11 is 6.64. The third-order valence-electron chi connectivity index (χ3n) is 11.7. The number of pyridine rings is 1. The van der Waals surface area contributed by atoms with Crippen LogP contribution in [0.1, 0.15) is 69.2 Å². The van der Waals surface area contributed by atoms with Crippen LogP contribution >= 0.6 is 11.6 Å². The van der Waals surface area contributed by atoms with Gasteiger partial charge in [0, 0.05) is 62.5 Å². The van der Waals surface area contributed by atoms with Gasteiger partial charge in [0.25, 0.3) is 5.91 Å². The number of rotatable bonds is 10. The normalized spacial score (nSPS) is 19.0. The van der Waals surface area contributed by atoms with Gasteiger partial charge in [0.1, 0.15) is 23.4 Å². The number of nitrogens with zero attached hydrogens (tertiary/aromatic N) is 5. The average Bonchev–Trinajstić information content (AvgIpc) is 3.92. The summed E-state index contributed by atoms with van der Waals surface area (Å²) in [4.78, 5) is 70.5. The molecule has 64 heavy (non-hydrogen) atoms. The van der Waals surface area contributed by atoms with Crippen LogP contribution in [0.5, 0.6) is 5.75 Å². The topological polar surface area (TPSA) is 171 Å². The highest BCUT2D eigenvalue weighted by Gasteiger charge is 2.42. The lowest BCUT2D eigenvalue weighted by Gasteiger charge is -2.38. The number of halogens is 4. The number of carbonyl (C=O) groups is 4. The standard InChI is InChI=1S/C45H52ClF3N8O7/c1-26-20-34(57(25-26)41(59)38(54-43(61)62-5)29-12-18-63-19-13-29)39-51-24-33(53-39)27-6-8-28(9-7-27)37-32(46)21-30(22-35(37)64-45(47,48)49)40(58)52-31-10-11-36(50-23-31)55-14-16-56(17-15-55)42(60)44(2,3)4/h6-11,21-24,26,29,34,38H,12-20,25H2,1-5H3,(H,51,53)(H,52,58)(H,54,61). The minimum absolute atomic E-state index is 0.0727. The molecular formula is C45H52ClF3N8O7. The van der Waals surface area contributed by atoms with Crippen molar-refractivity contribution in [3.63, 3.8) is 0 Å². The molecule has 342 valence electrons. The molecular weight excluding hydrogens is 857 g/mol. The monoisotopic (exact) mass is 908 g/mol. The number of methoxy groups -OCH3 is 1. The molecule has 4 aromatic rings. The number of piperazine rings is 1. The van der Waals surface area contributed by atoms with Crippen molar-refractivity contribution in [2.24, 2.45) is 17.3 Å². The van der Waals surface area contributed by atoms with Crippen LogP contribution < -0.4 is 20.3 Å². The Kier molecular flexibility index (Phi) is 13.7. The molecule has 5 heterocycles. The second-order valence-electron chi connectivity index (χ2n) is 17.4. The number of aromatic nitrogens is 3. The van der Waals surface area contributed by atoms with Crippen molar-refractivity contribution in [1.82, 2.24) is 30.1 Å². The average molecular weight is 909 g/mol. The van der Waals surface area contributed by atoms with Gasteiger partial charge in [-0.05, 0) is 66.5 Å². The maximum atomic E-state index is 14.1. The Balaban J connectivity index is 1.05. The Morgan fingerprint density at radius 1 is 0.938 bits per heavy atom. The second kappa shape index (κ2) is 19.1. The SMILES string of the molecule is COC(=O)NC(C(=O)N1CC(C)CC1c1ncc(-c2ccc(-c3c(Cl)cc(C(=O)Nc4ccc(N5CCN(C(=O)C(C)(C)C)CC5)nc4)cc3OC(F)(F)F)cc2)[nH]1)C1CCOCC1. The van der Waals surface area contributed by atoms with Crippen molar-refractivity contribution >= 4 is 46.9 Å². The summed E-state index contributed by atoms with van der Waals surface area (Å²) in [6.45, 7) is 11.4. The van der Waals surface area contributed by atoms with Crippen LogP contribution in [-0.2, 0) is 19.1 Å². The van der Waals surface area contributed by atoms with Crippen LogP contribution in [0.3, 0.4) is 0 Å². The molecule has 15 nitrogen and oxygen atoms in total. The molecule has 0 saturated carbocycles. The third-order valence-corrected chi connectivity index (χ3v) is 12.0. The van der Waals surface area contributed by atoms with E-state index in [1.807, 2.05) is 37.5 Å².